The van der Waals surface area contributed by atoms with Crippen LogP contribution in [0.2, 0.25) is 0 Å². The normalized spacial score (nSPS) is 10.0. The highest BCUT2D eigenvalue weighted by Crippen LogP contribution is 2.24. The van der Waals surface area contributed by atoms with Crippen molar-refractivity contribution in [3.05, 3.63) is 52.8 Å². The second kappa shape index (κ2) is 7.08. The molecule has 0 aliphatic carbocycles. The molecule has 0 radical (unpaired) electrons. The van der Waals surface area contributed by atoms with Crippen molar-refractivity contribution in [3.63, 3.8) is 0 Å². The van der Waals surface area contributed by atoms with Crippen LogP contribution in [-0.2, 0) is 4.79 Å². The fourth-order valence-electron chi connectivity index (χ4n) is 1.74. The molecule has 2 rings (SSSR count). The molecule has 6 heteroatoms. The molecule has 4 nitrogen and oxygen atoms in total. The summed E-state index contributed by atoms with van der Waals surface area (Å²) < 4.78 is 19.0. The maximum Gasteiger partial charge on any atom is 0.243 e. The van der Waals surface area contributed by atoms with E-state index in [0.29, 0.717) is 11.4 Å². The van der Waals surface area contributed by atoms with Crippen molar-refractivity contribution < 1.29 is 13.9 Å². The number of ether oxygens (including phenoxy) is 1. The van der Waals surface area contributed by atoms with E-state index in [0.717, 1.165) is 10.2 Å². The fourth-order valence-corrected chi connectivity index (χ4v) is 2.21. The summed E-state index contributed by atoms with van der Waals surface area (Å²) in [6.45, 7) is 0.0656. The lowest BCUT2D eigenvalue weighted by molar-refractivity contribution is -0.114. The molecule has 0 aliphatic rings. The smallest absolute Gasteiger partial charge is 0.243 e. The van der Waals surface area contributed by atoms with Crippen LogP contribution in [-0.4, -0.2) is 19.6 Å². The molecular formula is C15H14BrFN2O2. The van der Waals surface area contributed by atoms with Gasteiger partial charge >= 0.3 is 0 Å². The molecule has 0 spiro atoms. The zero-order valence-electron chi connectivity index (χ0n) is 11.3. The van der Waals surface area contributed by atoms with Crippen LogP contribution in [0.25, 0.3) is 0 Å². The Morgan fingerprint density at radius 2 is 2.05 bits per heavy atom. The monoisotopic (exact) mass is 352 g/mol. The van der Waals surface area contributed by atoms with Gasteiger partial charge in [0.25, 0.3) is 0 Å². The van der Waals surface area contributed by atoms with Crippen LogP contribution >= 0.6 is 15.9 Å². The predicted octanol–water partition coefficient (Wildman–Crippen LogP) is 3.65. The molecule has 2 aromatic carbocycles. The van der Waals surface area contributed by atoms with E-state index in [1.165, 1.54) is 18.2 Å². The Morgan fingerprint density at radius 3 is 2.76 bits per heavy atom. The molecule has 0 atom stereocenters. The number of hydrogen-bond donors (Lipinski definition) is 2. The number of rotatable bonds is 5. The number of anilines is 2. The SMILES string of the molecule is COc1cc(Br)cc(NCC(=O)Nc2cccc(F)c2)c1. The average molecular weight is 353 g/mol. The Morgan fingerprint density at radius 1 is 1.24 bits per heavy atom. The van der Waals surface area contributed by atoms with Gasteiger partial charge in [0, 0.05) is 21.9 Å². The average Bonchev–Trinajstić information content (AvgIpc) is 2.44. The van der Waals surface area contributed by atoms with Gasteiger partial charge in [-0.3, -0.25) is 4.79 Å². The number of nitrogens with one attached hydrogen (secondary N) is 2. The standard InChI is InChI=1S/C15H14BrFN2O2/c1-21-14-6-10(16)5-13(8-14)18-9-15(20)19-12-4-2-3-11(17)7-12/h2-8,18H,9H2,1H3,(H,19,20). The van der Waals surface area contributed by atoms with Crippen molar-refractivity contribution in [2.24, 2.45) is 0 Å². The van der Waals surface area contributed by atoms with Gasteiger partial charge in [-0.1, -0.05) is 22.0 Å². The summed E-state index contributed by atoms with van der Waals surface area (Å²) in [7, 11) is 1.57. The highest BCUT2D eigenvalue weighted by molar-refractivity contribution is 9.10. The number of amides is 1. The van der Waals surface area contributed by atoms with Gasteiger partial charge < -0.3 is 15.4 Å². The van der Waals surface area contributed by atoms with E-state index < -0.39 is 5.82 Å². The predicted molar refractivity (Wildman–Crippen MR) is 84.2 cm³/mol. The second-order valence-electron chi connectivity index (χ2n) is 4.29. The number of methoxy groups -OCH3 is 1. The topological polar surface area (TPSA) is 50.4 Å². The third-order valence-corrected chi connectivity index (χ3v) is 3.13. The Hall–Kier alpha value is -2.08. The Labute approximate surface area is 130 Å². The number of hydrogen-bond acceptors (Lipinski definition) is 3. The lowest BCUT2D eigenvalue weighted by atomic mass is 10.3. The first-order valence-electron chi connectivity index (χ1n) is 6.20. The van der Waals surface area contributed by atoms with Crippen LogP contribution in [0.15, 0.2) is 46.9 Å². The number of benzene rings is 2. The summed E-state index contributed by atoms with van der Waals surface area (Å²) in [4.78, 5) is 11.8. The van der Waals surface area contributed by atoms with Crippen LogP contribution < -0.4 is 15.4 Å². The third-order valence-electron chi connectivity index (χ3n) is 2.67. The van der Waals surface area contributed by atoms with Gasteiger partial charge in [0.1, 0.15) is 11.6 Å². The summed E-state index contributed by atoms with van der Waals surface area (Å²) in [5.41, 5.74) is 1.17. The van der Waals surface area contributed by atoms with E-state index in [2.05, 4.69) is 26.6 Å². The Kier molecular flexibility index (Phi) is 5.16. The fraction of sp³-hybridized carbons (Fsp3) is 0.133. The van der Waals surface area contributed by atoms with Crippen LogP contribution in [0.1, 0.15) is 0 Å². The lowest BCUT2D eigenvalue weighted by Gasteiger charge is -2.10. The highest BCUT2D eigenvalue weighted by atomic mass is 79.9. The van der Waals surface area contributed by atoms with E-state index in [1.807, 2.05) is 12.1 Å². The molecule has 0 aromatic heterocycles. The Balaban J connectivity index is 1.93. The van der Waals surface area contributed by atoms with Crippen LogP contribution in [0.4, 0.5) is 15.8 Å². The minimum absolute atomic E-state index is 0.0656. The quantitative estimate of drug-likeness (QED) is 0.863. The highest BCUT2D eigenvalue weighted by Gasteiger charge is 2.05. The van der Waals surface area contributed by atoms with Crippen molar-refractivity contribution in [1.29, 1.82) is 0 Å². The van der Waals surface area contributed by atoms with Crippen LogP contribution in [0.3, 0.4) is 0 Å². The minimum atomic E-state index is -0.391. The summed E-state index contributed by atoms with van der Waals surface area (Å²) in [6.07, 6.45) is 0. The molecule has 0 bridgehead atoms. The largest absolute Gasteiger partial charge is 0.497 e. The van der Waals surface area contributed by atoms with Gasteiger partial charge in [0.05, 0.1) is 13.7 Å². The summed E-state index contributed by atoms with van der Waals surface area (Å²) in [5, 5.41) is 5.59. The number of carbonyl (C=O) groups is 1. The van der Waals surface area contributed by atoms with Gasteiger partial charge in [-0.05, 0) is 30.3 Å². The molecule has 21 heavy (non-hydrogen) atoms. The molecule has 2 N–H and O–H groups in total. The number of halogens is 2. The van der Waals surface area contributed by atoms with Crippen molar-refractivity contribution in [2.45, 2.75) is 0 Å². The summed E-state index contributed by atoms with van der Waals surface area (Å²) >= 11 is 3.36. The minimum Gasteiger partial charge on any atom is -0.497 e. The van der Waals surface area contributed by atoms with Gasteiger partial charge in [-0.25, -0.2) is 4.39 Å². The summed E-state index contributed by atoms with van der Waals surface area (Å²) in [5.74, 6) is 0.0226. The van der Waals surface area contributed by atoms with Crippen molar-refractivity contribution in [1.82, 2.24) is 0 Å². The first-order chi connectivity index (χ1) is 10.1. The zero-order chi connectivity index (χ0) is 15.2. The first-order valence-corrected chi connectivity index (χ1v) is 7.00. The van der Waals surface area contributed by atoms with Crippen LogP contribution in [0.5, 0.6) is 5.75 Å². The van der Waals surface area contributed by atoms with Gasteiger partial charge in [0.15, 0.2) is 0 Å². The maximum absolute atomic E-state index is 13.0. The molecular weight excluding hydrogens is 339 g/mol. The lowest BCUT2D eigenvalue weighted by Crippen LogP contribution is -2.21. The molecule has 2 aromatic rings. The van der Waals surface area contributed by atoms with Gasteiger partial charge in [-0.15, -0.1) is 0 Å². The second-order valence-corrected chi connectivity index (χ2v) is 5.21. The molecule has 0 saturated carbocycles. The molecule has 0 fully saturated rings. The first kappa shape index (κ1) is 15.3. The zero-order valence-corrected chi connectivity index (χ0v) is 12.9. The van der Waals surface area contributed by atoms with Crippen LogP contribution in [0, 0.1) is 5.82 Å². The molecule has 0 heterocycles. The molecule has 110 valence electrons. The van der Waals surface area contributed by atoms with E-state index in [9.17, 15) is 9.18 Å². The van der Waals surface area contributed by atoms with E-state index in [4.69, 9.17) is 4.74 Å². The van der Waals surface area contributed by atoms with E-state index in [-0.39, 0.29) is 12.5 Å². The molecule has 0 aliphatic heterocycles. The van der Waals surface area contributed by atoms with Crippen molar-refractivity contribution >= 4 is 33.2 Å². The van der Waals surface area contributed by atoms with E-state index in [1.54, 1.807) is 19.2 Å². The number of carbonyl (C=O) groups excluding carboxylic acids is 1. The Bertz CT molecular complexity index is 649. The van der Waals surface area contributed by atoms with Gasteiger partial charge in [-0.2, -0.15) is 0 Å². The van der Waals surface area contributed by atoms with Crippen molar-refractivity contribution in [3.8, 4) is 5.75 Å². The van der Waals surface area contributed by atoms with Crippen molar-refractivity contribution in [2.75, 3.05) is 24.3 Å². The van der Waals surface area contributed by atoms with E-state index >= 15 is 0 Å². The maximum atomic E-state index is 13.0. The molecule has 1 amide bonds. The third kappa shape index (κ3) is 4.75. The van der Waals surface area contributed by atoms with Gasteiger partial charge in [0.2, 0.25) is 5.91 Å². The molecule has 0 unspecified atom stereocenters. The molecule has 0 saturated heterocycles. The summed E-state index contributed by atoms with van der Waals surface area (Å²) in [6, 6.07) is 11.2.